The molecule has 2 rings (SSSR count). The summed E-state index contributed by atoms with van der Waals surface area (Å²) in [7, 11) is 0. The van der Waals surface area contributed by atoms with Crippen molar-refractivity contribution in [3.8, 4) is 17.0 Å². The molecule has 0 amide bonds. The standard InChI is InChI=1S/C15H18ClN3O/c1-5-20-12-6-11(7-17-8-12)13-10(4)14(16)19-15(18-13)9(2)3/h6-9H,5H2,1-4H3. The van der Waals surface area contributed by atoms with Gasteiger partial charge in [-0.2, -0.15) is 0 Å². The van der Waals surface area contributed by atoms with Crippen molar-refractivity contribution in [3.05, 3.63) is 35.0 Å². The molecule has 2 aromatic rings. The van der Waals surface area contributed by atoms with E-state index in [9.17, 15) is 0 Å². The summed E-state index contributed by atoms with van der Waals surface area (Å²) < 4.78 is 5.48. The van der Waals surface area contributed by atoms with Crippen molar-refractivity contribution in [1.29, 1.82) is 0 Å². The topological polar surface area (TPSA) is 47.9 Å². The Hall–Kier alpha value is -1.68. The largest absolute Gasteiger partial charge is 0.492 e. The molecule has 0 aliphatic carbocycles. The molecule has 0 spiro atoms. The molecule has 0 aliphatic heterocycles. The predicted octanol–water partition coefficient (Wildman–Crippen LogP) is 4.02. The lowest BCUT2D eigenvalue weighted by Crippen LogP contribution is -2.03. The van der Waals surface area contributed by atoms with Crippen LogP contribution >= 0.6 is 11.6 Å². The van der Waals surface area contributed by atoms with Gasteiger partial charge in [0, 0.05) is 23.2 Å². The van der Waals surface area contributed by atoms with E-state index in [4.69, 9.17) is 16.3 Å². The average molecular weight is 292 g/mol. The second kappa shape index (κ2) is 6.18. The number of rotatable bonds is 4. The van der Waals surface area contributed by atoms with Crippen LogP contribution in [0.3, 0.4) is 0 Å². The molecule has 2 aromatic heterocycles. The highest BCUT2D eigenvalue weighted by atomic mass is 35.5. The third kappa shape index (κ3) is 3.07. The van der Waals surface area contributed by atoms with Crippen LogP contribution in [-0.2, 0) is 0 Å². The van der Waals surface area contributed by atoms with Crippen LogP contribution in [0.2, 0.25) is 5.15 Å². The Balaban J connectivity index is 2.53. The number of aromatic nitrogens is 3. The molecule has 2 heterocycles. The molecule has 0 aromatic carbocycles. The van der Waals surface area contributed by atoms with Crippen LogP contribution < -0.4 is 4.74 Å². The van der Waals surface area contributed by atoms with E-state index < -0.39 is 0 Å². The number of ether oxygens (including phenoxy) is 1. The van der Waals surface area contributed by atoms with Crippen molar-refractivity contribution < 1.29 is 4.74 Å². The molecule has 0 fully saturated rings. The lowest BCUT2D eigenvalue weighted by atomic mass is 10.1. The average Bonchev–Trinajstić information content (AvgIpc) is 2.42. The minimum atomic E-state index is 0.217. The monoisotopic (exact) mass is 291 g/mol. The maximum Gasteiger partial charge on any atom is 0.138 e. The smallest absolute Gasteiger partial charge is 0.138 e. The van der Waals surface area contributed by atoms with Crippen molar-refractivity contribution in [3.63, 3.8) is 0 Å². The Kier molecular flexibility index (Phi) is 4.55. The summed E-state index contributed by atoms with van der Waals surface area (Å²) in [6, 6.07) is 1.92. The Bertz CT molecular complexity index is 614. The minimum Gasteiger partial charge on any atom is -0.492 e. The summed E-state index contributed by atoms with van der Waals surface area (Å²) in [4.78, 5) is 13.1. The zero-order chi connectivity index (χ0) is 14.7. The Morgan fingerprint density at radius 2 is 2.00 bits per heavy atom. The number of pyridine rings is 1. The van der Waals surface area contributed by atoms with Gasteiger partial charge in [-0.1, -0.05) is 25.4 Å². The van der Waals surface area contributed by atoms with Gasteiger partial charge in [0.2, 0.25) is 0 Å². The molecule has 5 heteroatoms. The first-order chi connectivity index (χ1) is 9.52. The number of halogens is 1. The number of nitrogens with zero attached hydrogens (tertiary/aromatic N) is 3. The molecule has 0 saturated carbocycles. The first kappa shape index (κ1) is 14.7. The van der Waals surface area contributed by atoms with E-state index in [1.54, 1.807) is 12.4 Å². The van der Waals surface area contributed by atoms with Crippen LogP contribution in [0.4, 0.5) is 0 Å². The zero-order valence-electron chi connectivity index (χ0n) is 12.1. The van der Waals surface area contributed by atoms with Gasteiger partial charge in [-0.05, 0) is 19.9 Å². The van der Waals surface area contributed by atoms with E-state index >= 15 is 0 Å². The highest BCUT2D eigenvalue weighted by Gasteiger charge is 2.14. The summed E-state index contributed by atoms with van der Waals surface area (Å²) in [5.41, 5.74) is 2.55. The maximum absolute atomic E-state index is 6.21. The van der Waals surface area contributed by atoms with E-state index in [0.717, 1.165) is 28.4 Å². The van der Waals surface area contributed by atoms with Gasteiger partial charge in [-0.15, -0.1) is 0 Å². The van der Waals surface area contributed by atoms with Crippen LogP contribution in [0.1, 0.15) is 38.1 Å². The van der Waals surface area contributed by atoms with E-state index in [1.165, 1.54) is 0 Å². The Morgan fingerprint density at radius 3 is 2.65 bits per heavy atom. The van der Waals surface area contributed by atoms with Gasteiger partial charge >= 0.3 is 0 Å². The summed E-state index contributed by atoms with van der Waals surface area (Å²) in [5, 5.41) is 0.487. The molecular formula is C15H18ClN3O. The van der Waals surface area contributed by atoms with Gasteiger partial charge < -0.3 is 4.74 Å². The quantitative estimate of drug-likeness (QED) is 0.798. The number of hydrogen-bond acceptors (Lipinski definition) is 4. The molecule has 0 unspecified atom stereocenters. The third-order valence-corrected chi connectivity index (χ3v) is 3.29. The lowest BCUT2D eigenvalue weighted by molar-refractivity contribution is 0.339. The van der Waals surface area contributed by atoms with Crippen LogP contribution in [-0.4, -0.2) is 21.6 Å². The SMILES string of the molecule is CCOc1cncc(-c2nc(C(C)C)nc(Cl)c2C)c1. The van der Waals surface area contributed by atoms with E-state index in [2.05, 4.69) is 15.0 Å². The predicted molar refractivity (Wildman–Crippen MR) is 80.3 cm³/mol. The van der Waals surface area contributed by atoms with Crippen molar-refractivity contribution in [2.24, 2.45) is 0 Å². The molecule has 0 N–H and O–H groups in total. The van der Waals surface area contributed by atoms with Crippen molar-refractivity contribution in [2.75, 3.05) is 6.61 Å². The Labute approximate surface area is 124 Å². The molecule has 106 valence electrons. The van der Waals surface area contributed by atoms with Gasteiger partial charge in [0.15, 0.2) is 0 Å². The minimum absolute atomic E-state index is 0.217. The van der Waals surface area contributed by atoms with Crippen molar-refractivity contribution in [2.45, 2.75) is 33.6 Å². The van der Waals surface area contributed by atoms with Gasteiger partial charge in [-0.25, -0.2) is 9.97 Å². The highest BCUT2D eigenvalue weighted by Crippen LogP contribution is 2.28. The van der Waals surface area contributed by atoms with Gasteiger partial charge in [0.1, 0.15) is 16.7 Å². The highest BCUT2D eigenvalue weighted by molar-refractivity contribution is 6.30. The summed E-state index contributed by atoms with van der Waals surface area (Å²) >= 11 is 6.21. The summed E-state index contributed by atoms with van der Waals surface area (Å²) in [6.45, 7) is 8.54. The zero-order valence-corrected chi connectivity index (χ0v) is 12.9. The first-order valence-electron chi connectivity index (χ1n) is 6.65. The number of hydrogen-bond donors (Lipinski definition) is 0. The first-order valence-corrected chi connectivity index (χ1v) is 7.03. The van der Waals surface area contributed by atoms with E-state index in [0.29, 0.717) is 11.8 Å². The fourth-order valence-electron chi connectivity index (χ4n) is 1.84. The van der Waals surface area contributed by atoms with Crippen molar-refractivity contribution in [1.82, 2.24) is 15.0 Å². The van der Waals surface area contributed by atoms with Crippen LogP contribution in [0, 0.1) is 6.92 Å². The molecule has 4 nitrogen and oxygen atoms in total. The molecule has 0 aliphatic rings. The molecule has 0 bridgehead atoms. The second-order valence-electron chi connectivity index (χ2n) is 4.84. The molecule has 0 atom stereocenters. The molecule has 0 radical (unpaired) electrons. The molecule has 20 heavy (non-hydrogen) atoms. The maximum atomic E-state index is 6.21. The summed E-state index contributed by atoms with van der Waals surface area (Å²) in [6.07, 6.45) is 3.45. The van der Waals surface area contributed by atoms with Crippen LogP contribution in [0.5, 0.6) is 5.75 Å². The van der Waals surface area contributed by atoms with Crippen molar-refractivity contribution >= 4 is 11.6 Å². The summed E-state index contributed by atoms with van der Waals surface area (Å²) in [5.74, 6) is 1.68. The Morgan fingerprint density at radius 1 is 1.25 bits per heavy atom. The fourth-order valence-corrected chi connectivity index (χ4v) is 2.01. The van der Waals surface area contributed by atoms with E-state index in [-0.39, 0.29) is 5.92 Å². The van der Waals surface area contributed by atoms with Gasteiger partial charge in [0.05, 0.1) is 18.5 Å². The van der Waals surface area contributed by atoms with Crippen LogP contribution in [0.15, 0.2) is 18.5 Å². The fraction of sp³-hybridized carbons (Fsp3) is 0.400. The van der Waals surface area contributed by atoms with Crippen LogP contribution in [0.25, 0.3) is 11.3 Å². The lowest BCUT2D eigenvalue weighted by Gasteiger charge is -2.12. The van der Waals surface area contributed by atoms with E-state index in [1.807, 2.05) is 33.8 Å². The molecule has 0 saturated heterocycles. The normalized spacial score (nSPS) is 10.9. The van der Waals surface area contributed by atoms with Gasteiger partial charge in [0.25, 0.3) is 0 Å². The third-order valence-electron chi connectivity index (χ3n) is 2.92. The second-order valence-corrected chi connectivity index (χ2v) is 5.20. The molecular weight excluding hydrogens is 274 g/mol. The van der Waals surface area contributed by atoms with Gasteiger partial charge in [-0.3, -0.25) is 4.98 Å².